The summed E-state index contributed by atoms with van der Waals surface area (Å²) in [4.78, 5) is 13.4. The van der Waals surface area contributed by atoms with Crippen molar-refractivity contribution in [2.75, 3.05) is 25.0 Å². The number of piperidine rings is 1. The predicted octanol–water partition coefficient (Wildman–Crippen LogP) is 3.99. The molecule has 0 saturated carbocycles. The highest BCUT2D eigenvalue weighted by atomic mass is 35.5. The van der Waals surface area contributed by atoms with Gasteiger partial charge in [0.15, 0.2) is 0 Å². The van der Waals surface area contributed by atoms with E-state index in [1.807, 2.05) is 31.2 Å². The molecule has 2 aliphatic heterocycles. The van der Waals surface area contributed by atoms with Gasteiger partial charge in [0.2, 0.25) is 5.91 Å². The van der Waals surface area contributed by atoms with Crippen molar-refractivity contribution in [3.63, 3.8) is 0 Å². The van der Waals surface area contributed by atoms with Gasteiger partial charge in [0.1, 0.15) is 11.4 Å². The summed E-state index contributed by atoms with van der Waals surface area (Å²) >= 11 is 6.22. The number of aliphatic hydroxyl groups is 2. The van der Waals surface area contributed by atoms with Gasteiger partial charge in [-0.2, -0.15) is 0 Å². The molecular formula is C24H29ClN2O4. The maximum atomic E-state index is 11.1. The van der Waals surface area contributed by atoms with Crippen LogP contribution in [0.25, 0.3) is 0 Å². The third-order valence-corrected chi connectivity index (χ3v) is 6.76. The molecule has 1 spiro atoms. The molecule has 31 heavy (non-hydrogen) atoms. The SMILES string of the molecule is CC(=O)Nc1ccc([C@H](O)CN2CCC3(CC2)C[C@H](O)c2cc(Cl)c(C)cc2O3)cc1. The van der Waals surface area contributed by atoms with Gasteiger partial charge >= 0.3 is 0 Å². The molecule has 1 saturated heterocycles. The van der Waals surface area contributed by atoms with E-state index in [1.165, 1.54) is 6.92 Å². The molecule has 1 fully saturated rings. The molecule has 1 amide bonds. The van der Waals surface area contributed by atoms with E-state index in [4.69, 9.17) is 16.3 Å². The van der Waals surface area contributed by atoms with Gasteiger partial charge in [-0.3, -0.25) is 4.79 Å². The number of rotatable bonds is 4. The van der Waals surface area contributed by atoms with Crippen LogP contribution in [0, 0.1) is 6.92 Å². The van der Waals surface area contributed by atoms with Crippen LogP contribution in [0.15, 0.2) is 36.4 Å². The standard InChI is InChI=1S/C24H29ClN2O4/c1-15-11-23-19(12-20(15)25)21(29)13-24(31-23)7-9-27(10-8-24)14-22(30)17-3-5-18(6-4-17)26-16(2)28/h3-6,11-12,21-22,29-30H,7-10,13-14H2,1-2H3,(H,26,28)/t21-,22+/m0/s1. The number of amides is 1. The van der Waals surface area contributed by atoms with Gasteiger partial charge in [-0.05, 0) is 55.2 Å². The number of β-amino-alcohol motifs (C(OH)–C–C–N with tert-alkyl or cyclic N) is 1. The number of aliphatic hydroxyl groups excluding tert-OH is 2. The fourth-order valence-electron chi connectivity index (χ4n) is 4.55. The van der Waals surface area contributed by atoms with E-state index >= 15 is 0 Å². The van der Waals surface area contributed by atoms with Gasteiger partial charge in [-0.25, -0.2) is 0 Å². The minimum atomic E-state index is -0.608. The quantitative estimate of drug-likeness (QED) is 0.664. The Kier molecular flexibility index (Phi) is 6.26. The number of likely N-dealkylation sites (tertiary alicyclic amines) is 1. The van der Waals surface area contributed by atoms with Crippen LogP contribution < -0.4 is 10.1 Å². The molecule has 0 bridgehead atoms. The molecule has 166 valence electrons. The van der Waals surface area contributed by atoms with Crippen LogP contribution in [-0.4, -0.2) is 46.3 Å². The molecule has 6 nitrogen and oxygen atoms in total. The number of hydrogen-bond acceptors (Lipinski definition) is 5. The first-order chi connectivity index (χ1) is 14.7. The topological polar surface area (TPSA) is 82.0 Å². The molecule has 0 unspecified atom stereocenters. The van der Waals surface area contributed by atoms with Gasteiger partial charge in [0.05, 0.1) is 12.2 Å². The van der Waals surface area contributed by atoms with Crippen molar-refractivity contribution >= 4 is 23.2 Å². The first kappa shape index (κ1) is 22.1. The van der Waals surface area contributed by atoms with Crippen molar-refractivity contribution in [1.82, 2.24) is 4.90 Å². The van der Waals surface area contributed by atoms with Crippen LogP contribution in [0.2, 0.25) is 5.02 Å². The second-order valence-electron chi connectivity index (χ2n) is 8.76. The van der Waals surface area contributed by atoms with Crippen LogP contribution in [0.4, 0.5) is 5.69 Å². The lowest BCUT2D eigenvalue weighted by molar-refractivity contribution is -0.114. The number of hydrogen-bond donors (Lipinski definition) is 3. The predicted molar refractivity (Wildman–Crippen MR) is 121 cm³/mol. The molecule has 3 N–H and O–H groups in total. The molecule has 2 aliphatic rings. The summed E-state index contributed by atoms with van der Waals surface area (Å²) in [6, 6.07) is 11.0. The summed E-state index contributed by atoms with van der Waals surface area (Å²) in [6.45, 7) is 5.51. The summed E-state index contributed by atoms with van der Waals surface area (Å²) in [5.74, 6) is 0.611. The lowest BCUT2D eigenvalue weighted by Gasteiger charge is -2.46. The fourth-order valence-corrected chi connectivity index (χ4v) is 4.72. The molecule has 2 aromatic carbocycles. The first-order valence-electron chi connectivity index (χ1n) is 10.7. The second kappa shape index (κ2) is 8.79. The largest absolute Gasteiger partial charge is 0.487 e. The Balaban J connectivity index is 1.36. The maximum absolute atomic E-state index is 11.1. The number of nitrogens with one attached hydrogen (secondary N) is 1. The Morgan fingerprint density at radius 2 is 1.97 bits per heavy atom. The molecule has 0 aliphatic carbocycles. The van der Waals surface area contributed by atoms with Gasteiger partial charge in [0, 0.05) is 49.3 Å². The Morgan fingerprint density at radius 3 is 2.61 bits per heavy atom. The minimum Gasteiger partial charge on any atom is -0.487 e. The molecule has 0 aromatic heterocycles. The van der Waals surface area contributed by atoms with Crippen LogP contribution >= 0.6 is 11.6 Å². The van der Waals surface area contributed by atoms with Gasteiger partial charge < -0.3 is 25.2 Å². The number of ether oxygens (including phenoxy) is 1. The van der Waals surface area contributed by atoms with Gasteiger partial charge in [-0.15, -0.1) is 0 Å². The number of carbonyl (C=O) groups excluding carboxylic acids is 1. The van der Waals surface area contributed by atoms with E-state index in [0.717, 1.165) is 48.4 Å². The summed E-state index contributed by atoms with van der Waals surface area (Å²) in [7, 11) is 0. The Hall–Kier alpha value is -2.12. The summed E-state index contributed by atoms with van der Waals surface area (Å²) in [5, 5.41) is 24.8. The second-order valence-corrected chi connectivity index (χ2v) is 9.17. The normalized spacial score (nSPS) is 21.3. The zero-order valence-corrected chi connectivity index (χ0v) is 18.7. The highest BCUT2D eigenvalue weighted by molar-refractivity contribution is 6.31. The smallest absolute Gasteiger partial charge is 0.221 e. The van der Waals surface area contributed by atoms with Gasteiger partial charge in [-0.1, -0.05) is 23.7 Å². The number of aryl methyl sites for hydroxylation is 1. The maximum Gasteiger partial charge on any atom is 0.221 e. The zero-order valence-electron chi connectivity index (χ0n) is 17.9. The monoisotopic (exact) mass is 444 g/mol. The fraction of sp³-hybridized carbons (Fsp3) is 0.458. The molecule has 2 aromatic rings. The number of nitrogens with zero attached hydrogens (tertiary/aromatic N) is 1. The highest BCUT2D eigenvalue weighted by Crippen LogP contribution is 2.45. The number of fused-ring (bicyclic) bond motifs is 1. The molecule has 4 rings (SSSR count). The minimum absolute atomic E-state index is 0.119. The van der Waals surface area contributed by atoms with E-state index in [-0.39, 0.29) is 11.5 Å². The van der Waals surface area contributed by atoms with E-state index in [2.05, 4.69) is 10.2 Å². The van der Waals surface area contributed by atoms with Crippen molar-refractivity contribution in [2.45, 2.75) is 50.9 Å². The van der Waals surface area contributed by atoms with Crippen LogP contribution in [0.5, 0.6) is 5.75 Å². The number of halogens is 1. The Morgan fingerprint density at radius 1 is 1.29 bits per heavy atom. The number of anilines is 1. The lowest BCUT2D eigenvalue weighted by atomic mass is 9.81. The van der Waals surface area contributed by atoms with E-state index in [9.17, 15) is 15.0 Å². The number of carbonyl (C=O) groups is 1. The summed E-state index contributed by atoms with van der Waals surface area (Å²) < 4.78 is 6.41. The molecule has 7 heteroatoms. The van der Waals surface area contributed by atoms with E-state index in [1.54, 1.807) is 12.1 Å². The van der Waals surface area contributed by atoms with Gasteiger partial charge in [0.25, 0.3) is 0 Å². The van der Waals surface area contributed by atoms with Crippen molar-refractivity contribution in [2.24, 2.45) is 0 Å². The Bertz CT molecular complexity index is 955. The molecule has 0 radical (unpaired) electrons. The van der Waals surface area contributed by atoms with E-state index in [0.29, 0.717) is 23.7 Å². The van der Waals surface area contributed by atoms with Crippen molar-refractivity contribution in [1.29, 1.82) is 0 Å². The third-order valence-electron chi connectivity index (χ3n) is 6.36. The van der Waals surface area contributed by atoms with E-state index < -0.39 is 12.2 Å². The average Bonchev–Trinajstić information content (AvgIpc) is 2.72. The molecule has 2 atom stereocenters. The first-order valence-corrected chi connectivity index (χ1v) is 11.1. The number of benzene rings is 2. The summed E-state index contributed by atoms with van der Waals surface area (Å²) in [5.41, 5.74) is 2.86. The average molecular weight is 445 g/mol. The van der Waals surface area contributed by atoms with Crippen LogP contribution in [0.1, 0.15) is 55.1 Å². The van der Waals surface area contributed by atoms with Crippen molar-refractivity contribution < 1.29 is 19.7 Å². The van der Waals surface area contributed by atoms with Crippen LogP contribution in [-0.2, 0) is 4.79 Å². The summed E-state index contributed by atoms with van der Waals surface area (Å²) in [6.07, 6.45) is 0.948. The molecule has 2 heterocycles. The lowest BCUT2D eigenvalue weighted by Crippen LogP contribution is -2.51. The molecular weight excluding hydrogens is 416 g/mol. The van der Waals surface area contributed by atoms with Crippen molar-refractivity contribution in [3.8, 4) is 5.75 Å². The highest BCUT2D eigenvalue weighted by Gasteiger charge is 2.43. The van der Waals surface area contributed by atoms with Crippen LogP contribution in [0.3, 0.4) is 0 Å². The zero-order chi connectivity index (χ0) is 22.2. The Labute approximate surface area is 187 Å². The van der Waals surface area contributed by atoms with Crippen molar-refractivity contribution in [3.05, 3.63) is 58.1 Å². The third kappa shape index (κ3) is 4.88.